The van der Waals surface area contributed by atoms with Crippen LogP contribution in [0.2, 0.25) is 5.02 Å². The van der Waals surface area contributed by atoms with Crippen molar-refractivity contribution in [2.24, 2.45) is 0 Å². The van der Waals surface area contributed by atoms with Gasteiger partial charge in [0.2, 0.25) is 15.9 Å². The summed E-state index contributed by atoms with van der Waals surface area (Å²) in [6.45, 7) is 0.292. The minimum absolute atomic E-state index is 0.0392. The Morgan fingerprint density at radius 2 is 1.85 bits per heavy atom. The lowest BCUT2D eigenvalue weighted by Crippen LogP contribution is -2.37. The Labute approximate surface area is 197 Å². The van der Waals surface area contributed by atoms with Crippen LogP contribution in [0.1, 0.15) is 29.6 Å². The van der Waals surface area contributed by atoms with Crippen LogP contribution in [-0.4, -0.2) is 63.2 Å². The summed E-state index contributed by atoms with van der Waals surface area (Å²) in [5.74, 6) is -1.67. The third-order valence-electron chi connectivity index (χ3n) is 5.27. The normalized spacial score (nSPS) is 14.5. The summed E-state index contributed by atoms with van der Waals surface area (Å²) < 4.78 is 46.6. The molecule has 0 aromatic heterocycles. The van der Waals surface area contributed by atoms with Gasteiger partial charge in [-0.2, -0.15) is 4.31 Å². The molecule has 1 fully saturated rings. The molecule has 0 bridgehead atoms. The van der Waals surface area contributed by atoms with Gasteiger partial charge in [-0.3, -0.25) is 9.59 Å². The van der Waals surface area contributed by atoms with Gasteiger partial charge in [0, 0.05) is 30.7 Å². The molecule has 11 heteroatoms. The van der Waals surface area contributed by atoms with Crippen molar-refractivity contribution in [1.29, 1.82) is 0 Å². The molecule has 2 amide bonds. The van der Waals surface area contributed by atoms with Gasteiger partial charge >= 0.3 is 0 Å². The van der Waals surface area contributed by atoms with Crippen molar-refractivity contribution >= 4 is 39.1 Å². The zero-order chi connectivity index (χ0) is 24.2. The van der Waals surface area contributed by atoms with E-state index in [1.807, 2.05) is 0 Å². The van der Waals surface area contributed by atoms with Crippen LogP contribution in [0.4, 0.5) is 10.1 Å². The minimum Gasteiger partial charge on any atom is -0.495 e. The number of hydrogen-bond donors (Lipinski definition) is 1. The largest absolute Gasteiger partial charge is 0.495 e. The van der Waals surface area contributed by atoms with E-state index in [0.717, 1.165) is 23.5 Å². The smallest absolute Gasteiger partial charge is 0.254 e. The maximum Gasteiger partial charge on any atom is 0.254 e. The van der Waals surface area contributed by atoms with Crippen LogP contribution in [0.3, 0.4) is 0 Å². The highest BCUT2D eigenvalue weighted by Gasteiger charge is 2.30. The molecule has 0 unspecified atom stereocenters. The molecule has 2 aromatic rings. The molecular weight excluding hydrogens is 473 g/mol. The SMILES string of the molecule is COc1ccc(Cl)cc1NC(=O)CN(C)C(=O)c1ccc(F)c(S(=O)(=O)N2CCCCC2)c1. The van der Waals surface area contributed by atoms with Gasteiger partial charge in [0.15, 0.2) is 0 Å². The molecule has 0 saturated carbocycles. The van der Waals surface area contributed by atoms with E-state index in [0.29, 0.717) is 42.4 Å². The van der Waals surface area contributed by atoms with E-state index in [9.17, 15) is 22.4 Å². The summed E-state index contributed by atoms with van der Waals surface area (Å²) in [4.78, 5) is 25.9. The number of anilines is 1. The van der Waals surface area contributed by atoms with Crippen LogP contribution >= 0.6 is 11.6 Å². The highest BCUT2D eigenvalue weighted by atomic mass is 35.5. The Balaban J connectivity index is 1.75. The van der Waals surface area contributed by atoms with E-state index in [4.69, 9.17) is 16.3 Å². The zero-order valence-electron chi connectivity index (χ0n) is 18.3. The van der Waals surface area contributed by atoms with Crippen LogP contribution < -0.4 is 10.1 Å². The summed E-state index contributed by atoms with van der Waals surface area (Å²) in [6, 6.07) is 7.88. The Bertz CT molecular complexity index is 1150. The van der Waals surface area contributed by atoms with Crippen LogP contribution in [0.25, 0.3) is 0 Å². The molecule has 8 nitrogen and oxygen atoms in total. The van der Waals surface area contributed by atoms with Gasteiger partial charge in [-0.1, -0.05) is 18.0 Å². The van der Waals surface area contributed by atoms with Crippen LogP contribution in [0.5, 0.6) is 5.75 Å². The van der Waals surface area contributed by atoms with Gasteiger partial charge in [0.1, 0.15) is 16.5 Å². The molecule has 1 N–H and O–H groups in total. The monoisotopic (exact) mass is 497 g/mol. The number of ether oxygens (including phenoxy) is 1. The van der Waals surface area contributed by atoms with Crippen molar-refractivity contribution in [1.82, 2.24) is 9.21 Å². The van der Waals surface area contributed by atoms with E-state index in [2.05, 4.69) is 5.32 Å². The first-order valence-electron chi connectivity index (χ1n) is 10.3. The summed E-state index contributed by atoms with van der Waals surface area (Å²) in [7, 11) is -1.24. The van der Waals surface area contributed by atoms with Gasteiger partial charge < -0.3 is 15.0 Å². The molecule has 1 aliphatic rings. The second-order valence-electron chi connectivity index (χ2n) is 7.66. The number of piperidine rings is 1. The third-order valence-corrected chi connectivity index (χ3v) is 7.42. The Hall–Kier alpha value is -2.69. The zero-order valence-corrected chi connectivity index (χ0v) is 19.9. The highest BCUT2D eigenvalue weighted by Crippen LogP contribution is 2.28. The van der Waals surface area contributed by atoms with E-state index in [1.54, 1.807) is 12.1 Å². The predicted molar refractivity (Wildman–Crippen MR) is 123 cm³/mol. The quantitative estimate of drug-likeness (QED) is 0.632. The number of methoxy groups -OCH3 is 1. The van der Waals surface area contributed by atoms with E-state index >= 15 is 0 Å². The Morgan fingerprint density at radius 1 is 1.15 bits per heavy atom. The van der Waals surface area contributed by atoms with Crippen molar-refractivity contribution in [3.8, 4) is 5.75 Å². The first kappa shape index (κ1) is 24.9. The lowest BCUT2D eigenvalue weighted by Gasteiger charge is -2.26. The molecule has 178 valence electrons. The second kappa shape index (κ2) is 10.5. The molecular formula is C22H25ClFN3O5S. The second-order valence-corrected chi connectivity index (χ2v) is 10.0. The van der Waals surface area contributed by atoms with Crippen molar-refractivity contribution in [3.63, 3.8) is 0 Å². The number of sulfonamides is 1. The lowest BCUT2D eigenvalue weighted by molar-refractivity contribution is -0.116. The van der Waals surface area contributed by atoms with Gasteiger partial charge in [0.05, 0.1) is 19.3 Å². The fourth-order valence-corrected chi connectivity index (χ4v) is 5.33. The van der Waals surface area contributed by atoms with Crippen molar-refractivity contribution < 1.29 is 27.1 Å². The Morgan fingerprint density at radius 3 is 2.52 bits per heavy atom. The van der Waals surface area contributed by atoms with Gasteiger partial charge in [-0.05, 0) is 49.2 Å². The molecule has 0 radical (unpaired) electrons. The topological polar surface area (TPSA) is 96.0 Å². The molecule has 0 spiro atoms. The molecule has 3 rings (SSSR count). The number of carbonyl (C=O) groups is 2. The molecule has 0 atom stereocenters. The van der Waals surface area contributed by atoms with Gasteiger partial charge in [0.25, 0.3) is 5.91 Å². The molecule has 2 aromatic carbocycles. The maximum atomic E-state index is 14.4. The number of benzene rings is 2. The van der Waals surface area contributed by atoms with Crippen molar-refractivity contribution in [2.75, 3.05) is 39.1 Å². The molecule has 1 saturated heterocycles. The number of amides is 2. The van der Waals surface area contributed by atoms with Crippen molar-refractivity contribution in [3.05, 3.63) is 52.8 Å². The number of nitrogens with one attached hydrogen (secondary N) is 1. The average molecular weight is 498 g/mol. The summed E-state index contributed by atoms with van der Waals surface area (Å²) >= 11 is 5.96. The molecule has 1 aliphatic heterocycles. The number of nitrogens with zero attached hydrogens (tertiary/aromatic N) is 2. The number of carbonyl (C=O) groups excluding carboxylic acids is 2. The first-order chi connectivity index (χ1) is 15.6. The van der Waals surface area contributed by atoms with Crippen LogP contribution in [0, 0.1) is 5.82 Å². The number of likely N-dealkylation sites (N-methyl/N-ethyl adjacent to an activating group) is 1. The fourth-order valence-electron chi connectivity index (χ4n) is 3.55. The van der Waals surface area contributed by atoms with Crippen LogP contribution in [0.15, 0.2) is 41.3 Å². The van der Waals surface area contributed by atoms with E-state index in [1.165, 1.54) is 30.6 Å². The van der Waals surface area contributed by atoms with Crippen molar-refractivity contribution in [2.45, 2.75) is 24.2 Å². The first-order valence-corrected chi connectivity index (χ1v) is 12.1. The maximum absolute atomic E-state index is 14.4. The summed E-state index contributed by atoms with van der Waals surface area (Å²) in [5.41, 5.74) is 0.301. The van der Waals surface area contributed by atoms with Crippen LogP contribution in [-0.2, 0) is 14.8 Å². The standard InChI is InChI=1S/C22H25ClFN3O5S/c1-26(14-21(28)25-18-13-16(23)7-9-19(18)32-2)22(29)15-6-8-17(24)20(12-15)33(30,31)27-10-4-3-5-11-27/h6-9,12-13H,3-5,10-11,14H2,1-2H3,(H,25,28). The van der Waals surface area contributed by atoms with E-state index in [-0.39, 0.29) is 12.1 Å². The summed E-state index contributed by atoms with van der Waals surface area (Å²) in [5, 5.41) is 3.02. The van der Waals surface area contributed by atoms with E-state index < -0.39 is 32.6 Å². The predicted octanol–water partition coefficient (Wildman–Crippen LogP) is 3.37. The highest BCUT2D eigenvalue weighted by molar-refractivity contribution is 7.89. The summed E-state index contributed by atoms with van der Waals surface area (Å²) in [6.07, 6.45) is 2.32. The number of hydrogen-bond acceptors (Lipinski definition) is 5. The number of halogens is 2. The fraction of sp³-hybridized carbons (Fsp3) is 0.364. The molecule has 1 heterocycles. The number of rotatable bonds is 7. The Kier molecular flexibility index (Phi) is 7.93. The minimum atomic E-state index is -4.07. The molecule has 33 heavy (non-hydrogen) atoms. The lowest BCUT2D eigenvalue weighted by atomic mass is 10.2. The third kappa shape index (κ3) is 5.82. The van der Waals surface area contributed by atoms with Gasteiger partial charge in [-0.15, -0.1) is 0 Å². The average Bonchev–Trinajstić information content (AvgIpc) is 2.79. The molecule has 0 aliphatic carbocycles. The van der Waals surface area contributed by atoms with Gasteiger partial charge in [-0.25, -0.2) is 12.8 Å².